The lowest BCUT2D eigenvalue weighted by molar-refractivity contribution is 0.00578. The van der Waals surface area contributed by atoms with E-state index in [1.807, 2.05) is 70.2 Å². The third kappa shape index (κ3) is 6.65. The van der Waals surface area contributed by atoms with Gasteiger partial charge in [0, 0.05) is 23.7 Å². The van der Waals surface area contributed by atoms with Gasteiger partial charge in [0.05, 0.1) is 17.8 Å². The average molecular weight is 514 g/mol. The lowest BCUT2D eigenvalue weighted by Gasteiger charge is -2.32. The number of hydrogen-bond donors (Lipinski definition) is 2. The van der Waals surface area contributed by atoms with Crippen molar-refractivity contribution in [3.05, 3.63) is 95.6 Å². The number of carbonyl (C=O) groups is 1. The molecule has 0 unspecified atom stereocenters. The molecule has 3 aromatic carbocycles. The average Bonchev–Trinajstić information content (AvgIpc) is 3.11. The Hall–Kier alpha value is -3.13. The molecule has 6 nitrogen and oxygen atoms in total. The van der Waals surface area contributed by atoms with E-state index in [0.29, 0.717) is 17.4 Å². The van der Waals surface area contributed by atoms with Gasteiger partial charge in [0.15, 0.2) is 0 Å². The molecule has 38 heavy (non-hydrogen) atoms. The molecule has 3 aromatic rings. The quantitative estimate of drug-likeness (QED) is 0.268. The van der Waals surface area contributed by atoms with E-state index in [-0.39, 0.29) is 23.7 Å². The molecule has 1 atom stereocenters. The van der Waals surface area contributed by atoms with Crippen molar-refractivity contribution >= 4 is 24.2 Å². The van der Waals surface area contributed by atoms with E-state index in [1.54, 1.807) is 12.1 Å². The standard InChI is InChI=1S/C31H39BN2O4/c1-22(2)28(24-10-8-7-9-11-24)20-33-27-18-14-25(15-19-27)29(35)34-36-21-23-12-16-26(17-13-23)32-37-30(3,4)31(5,6)38-32/h7-19,22,28,33H,20-21H2,1-6H3,(H,34,35)/t28-/m0/s1. The van der Waals surface area contributed by atoms with E-state index in [0.717, 1.165) is 23.3 Å². The molecule has 1 fully saturated rings. The molecular weight excluding hydrogens is 475 g/mol. The molecule has 4 rings (SSSR count). The highest BCUT2D eigenvalue weighted by Crippen LogP contribution is 2.36. The van der Waals surface area contributed by atoms with Gasteiger partial charge in [-0.3, -0.25) is 9.63 Å². The minimum Gasteiger partial charge on any atom is -0.399 e. The zero-order chi connectivity index (χ0) is 27.3. The van der Waals surface area contributed by atoms with E-state index < -0.39 is 7.12 Å². The summed E-state index contributed by atoms with van der Waals surface area (Å²) < 4.78 is 12.2. The molecule has 200 valence electrons. The summed E-state index contributed by atoms with van der Waals surface area (Å²) in [5, 5.41) is 3.51. The van der Waals surface area contributed by atoms with E-state index >= 15 is 0 Å². The second kappa shape index (κ2) is 11.7. The van der Waals surface area contributed by atoms with Gasteiger partial charge in [-0.25, -0.2) is 5.48 Å². The summed E-state index contributed by atoms with van der Waals surface area (Å²) in [5.41, 5.74) is 6.51. The van der Waals surface area contributed by atoms with Gasteiger partial charge >= 0.3 is 7.12 Å². The Morgan fingerprint density at radius 3 is 2.05 bits per heavy atom. The first-order valence-corrected chi connectivity index (χ1v) is 13.3. The molecule has 0 saturated carbocycles. The Balaban J connectivity index is 1.24. The number of nitrogens with one attached hydrogen (secondary N) is 2. The molecule has 0 radical (unpaired) electrons. The summed E-state index contributed by atoms with van der Waals surface area (Å²) in [4.78, 5) is 18.0. The van der Waals surface area contributed by atoms with Crippen LogP contribution in [0.4, 0.5) is 5.69 Å². The van der Waals surface area contributed by atoms with Crippen LogP contribution in [0.2, 0.25) is 0 Å². The van der Waals surface area contributed by atoms with Crippen LogP contribution in [-0.2, 0) is 20.8 Å². The summed E-state index contributed by atoms with van der Waals surface area (Å²) in [5.74, 6) is 0.625. The number of amides is 1. The number of benzene rings is 3. The first-order chi connectivity index (χ1) is 18.1. The Morgan fingerprint density at radius 1 is 0.868 bits per heavy atom. The van der Waals surface area contributed by atoms with Crippen LogP contribution in [0.25, 0.3) is 0 Å². The first-order valence-electron chi connectivity index (χ1n) is 13.3. The Bertz CT molecular complexity index is 1180. The van der Waals surface area contributed by atoms with Crippen LogP contribution in [0.3, 0.4) is 0 Å². The summed E-state index contributed by atoms with van der Waals surface area (Å²) >= 11 is 0. The van der Waals surface area contributed by atoms with E-state index in [2.05, 4.69) is 48.9 Å². The predicted molar refractivity (Wildman–Crippen MR) is 153 cm³/mol. The van der Waals surface area contributed by atoms with Crippen LogP contribution < -0.4 is 16.3 Å². The minimum absolute atomic E-state index is 0.255. The summed E-state index contributed by atoms with van der Waals surface area (Å²) in [6, 6.07) is 25.8. The highest BCUT2D eigenvalue weighted by Gasteiger charge is 2.51. The third-order valence-corrected chi connectivity index (χ3v) is 7.61. The van der Waals surface area contributed by atoms with Crippen LogP contribution in [0.1, 0.15) is 68.9 Å². The monoisotopic (exact) mass is 514 g/mol. The van der Waals surface area contributed by atoms with E-state index in [4.69, 9.17) is 14.1 Å². The largest absolute Gasteiger partial charge is 0.494 e. The van der Waals surface area contributed by atoms with Crippen molar-refractivity contribution in [3.8, 4) is 0 Å². The fourth-order valence-electron chi connectivity index (χ4n) is 4.40. The zero-order valence-corrected chi connectivity index (χ0v) is 23.3. The van der Waals surface area contributed by atoms with Crippen molar-refractivity contribution in [1.82, 2.24) is 5.48 Å². The second-order valence-electron chi connectivity index (χ2n) is 11.3. The maximum absolute atomic E-state index is 12.5. The number of anilines is 1. The van der Waals surface area contributed by atoms with Crippen LogP contribution in [0.5, 0.6) is 0 Å². The van der Waals surface area contributed by atoms with Crippen molar-refractivity contribution in [3.63, 3.8) is 0 Å². The zero-order valence-electron chi connectivity index (χ0n) is 23.3. The fourth-order valence-corrected chi connectivity index (χ4v) is 4.40. The van der Waals surface area contributed by atoms with Gasteiger partial charge in [0.25, 0.3) is 5.91 Å². The Morgan fingerprint density at radius 2 is 1.47 bits per heavy atom. The molecule has 0 aliphatic carbocycles. The number of hydroxylamine groups is 1. The molecular formula is C31H39BN2O4. The Labute approximate surface area is 227 Å². The van der Waals surface area contributed by atoms with E-state index in [9.17, 15) is 4.79 Å². The summed E-state index contributed by atoms with van der Waals surface area (Å²) in [6.45, 7) is 13.7. The van der Waals surface area contributed by atoms with Gasteiger partial charge in [-0.05, 0) is 74.5 Å². The molecule has 1 aliphatic rings. The van der Waals surface area contributed by atoms with Crippen molar-refractivity contribution in [2.24, 2.45) is 5.92 Å². The highest BCUT2D eigenvalue weighted by molar-refractivity contribution is 6.62. The molecule has 1 amide bonds. The van der Waals surface area contributed by atoms with Crippen LogP contribution in [0, 0.1) is 5.92 Å². The fraction of sp³-hybridized carbons (Fsp3) is 0.387. The minimum atomic E-state index is -0.401. The SMILES string of the molecule is CC(C)[C@H](CNc1ccc(C(=O)NOCc2ccc(B3OC(C)(C)C(C)(C)O3)cc2)cc1)c1ccccc1. The van der Waals surface area contributed by atoms with Gasteiger partial charge in [-0.2, -0.15) is 0 Å². The first kappa shape index (κ1) is 27.9. The van der Waals surface area contributed by atoms with Crippen LogP contribution in [0.15, 0.2) is 78.9 Å². The predicted octanol–water partition coefficient (Wildman–Crippen LogP) is 5.70. The lowest BCUT2D eigenvalue weighted by Crippen LogP contribution is -2.41. The van der Waals surface area contributed by atoms with Crippen molar-refractivity contribution in [2.45, 2.75) is 65.3 Å². The van der Waals surface area contributed by atoms with Crippen LogP contribution in [-0.4, -0.2) is 30.8 Å². The topological polar surface area (TPSA) is 68.8 Å². The smallest absolute Gasteiger partial charge is 0.399 e. The van der Waals surface area contributed by atoms with Gasteiger partial charge in [0.1, 0.15) is 0 Å². The third-order valence-electron chi connectivity index (χ3n) is 7.61. The molecule has 0 aromatic heterocycles. The molecule has 7 heteroatoms. The lowest BCUT2D eigenvalue weighted by atomic mass is 9.79. The van der Waals surface area contributed by atoms with Crippen molar-refractivity contribution in [1.29, 1.82) is 0 Å². The molecule has 1 heterocycles. The molecule has 0 bridgehead atoms. The maximum Gasteiger partial charge on any atom is 0.494 e. The molecule has 0 spiro atoms. The highest BCUT2D eigenvalue weighted by atomic mass is 16.7. The van der Waals surface area contributed by atoms with Crippen molar-refractivity contribution < 1.29 is 18.9 Å². The molecule has 2 N–H and O–H groups in total. The second-order valence-corrected chi connectivity index (χ2v) is 11.3. The van der Waals surface area contributed by atoms with Gasteiger partial charge < -0.3 is 14.6 Å². The maximum atomic E-state index is 12.5. The van der Waals surface area contributed by atoms with Crippen LogP contribution >= 0.6 is 0 Å². The molecule has 1 saturated heterocycles. The molecule has 1 aliphatic heterocycles. The van der Waals surface area contributed by atoms with Gasteiger partial charge in [-0.15, -0.1) is 0 Å². The van der Waals surface area contributed by atoms with Gasteiger partial charge in [-0.1, -0.05) is 68.4 Å². The number of rotatable bonds is 10. The normalized spacial score (nSPS) is 16.9. The summed E-state index contributed by atoms with van der Waals surface area (Å²) in [6.07, 6.45) is 0. The van der Waals surface area contributed by atoms with Crippen molar-refractivity contribution in [2.75, 3.05) is 11.9 Å². The van der Waals surface area contributed by atoms with Gasteiger partial charge in [0.2, 0.25) is 0 Å². The summed E-state index contributed by atoms with van der Waals surface area (Å²) in [7, 11) is -0.401. The number of carbonyl (C=O) groups excluding carboxylic acids is 1. The Kier molecular flexibility index (Phi) is 8.61. The number of hydrogen-bond acceptors (Lipinski definition) is 5. The van der Waals surface area contributed by atoms with E-state index in [1.165, 1.54) is 5.56 Å².